The van der Waals surface area contributed by atoms with Crippen molar-refractivity contribution in [3.05, 3.63) is 42.5 Å². The van der Waals surface area contributed by atoms with E-state index < -0.39 is 0 Å². The summed E-state index contributed by atoms with van der Waals surface area (Å²) in [4.78, 5) is 17.8. The molecule has 0 bridgehead atoms. The van der Waals surface area contributed by atoms with Gasteiger partial charge in [0.05, 0.1) is 6.54 Å². The first-order chi connectivity index (χ1) is 9.76. The van der Waals surface area contributed by atoms with Gasteiger partial charge in [0.1, 0.15) is 12.7 Å². The summed E-state index contributed by atoms with van der Waals surface area (Å²) in [5, 5.41) is 4.09. The predicted octanol–water partition coefficient (Wildman–Crippen LogP) is 1.92. The van der Waals surface area contributed by atoms with Crippen molar-refractivity contribution in [2.45, 2.75) is 13.0 Å². The van der Waals surface area contributed by atoms with E-state index in [0.717, 1.165) is 11.3 Å². The maximum Gasteiger partial charge on any atom is 0.227 e. The number of nitrogens with zero attached hydrogens (tertiary/aromatic N) is 4. The molecule has 104 valence electrons. The van der Waals surface area contributed by atoms with Crippen LogP contribution in [0.5, 0.6) is 0 Å². The molecule has 5 nitrogen and oxygen atoms in total. The molecule has 0 aliphatic carbocycles. The molecular weight excluding hydrogens is 276 g/mol. The number of carbonyl (C=O) groups is 1. The first kappa shape index (κ1) is 13.1. The van der Waals surface area contributed by atoms with Crippen LogP contribution in [0.15, 0.2) is 36.9 Å². The van der Waals surface area contributed by atoms with E-state index in [1.165, 1.54) is 6.33 Å². The van der Waals surface area contributed by atoms with Crippen molar-refractivity contribution >= 4 is 23.2 Å². The molecule has 1 aromatic heterocycles. The monoisotopic (exact) mass is 290 g/mol. The molecule has 3 rings (SSSR count). The first-order valence-corrected chi connectivity index (χ1v) is 7.07. The van der Waals surface area contributed by atoms with Crippen LogP contribution in [-0.4, -0.2) is 33.1 Å². The molecule has 6 heteroatoms. The molecule has 1 amide bonds. The van der Waals surface area contributed by atoms with Crippen LogP contribution in [0.4, 0.5) is 5.69 Å². The Hall–Kier alpha value is -1.88. The highest BCUT2D eigenvalue weighted by Gasteiger charge is 2.29. The molecule has 0 saturated carbocycles. The zero-order valence-corrected chi connectivity index (χ0v) is 11.7. The minimum Gasteiger partial charge on any atom is -0.312 e. The molecule has 1 aromatic carbocycles. The van der Waals surface area contributed by atoms with E-state index >= 15 is 0 Å². The van der Waals surface area contributed by atoms with Crippen LogP contribution < -0.4 is 4.90 Å². The van der Waals surface area contributed by atoms with E-state index in [4.69, 9.17) is 11.6 Å². The van der Waals surface area contributed by atoms with Crippen molar-refractivity contribution in [2.75, 3.05) is 17.3 Å². The lowest BCUT2D eigenvalue weighted by Crippen LogP contribution is -2.24. The van der Waals surface area contributed by atoms with Gasteiger partial charge in [-0.15, -0.1) is 11.6 Å². The van der Waals surface area contributed by atoms with E-state index in [-0.39, 0.29) is 11.8 Å². The van der Waals surface area contributed by atoms with E-state index in [9.17, 15) is 4.79 Å². The number of benzene rings is 1. The molecule has 0 N–H and O–H groups in total. The summed E-state index contributed by atoms with van der Waals surface area (Å²) >= 11 is 5.85. The molecule has 0 radical (unpaired) electrons. The van der Waals surface area contributed by atoms with Crippen LogP contribution in [0, 0.1) is 5.92 Å². The highest BCUT2D eigenvalue weighted by Crippen LogP contribution is 2.26. The van der Waals surface area contributed by atoms with Gasteiger partial charge < -0.3 is 4.90 Å². The summed E-state index contributed by atoms with van der Waals surface area (Å²) in [7, 11) is 0. The average molecular weight is 291 g/mol. The third-order valence-corrected chi connectivity index (χ3v) is 3.89. The standard InChI is InChI=1S/C14H15ClN4O/c15-6-12-5-14(20)19(8-12)13-3-1-2-11(4-13)7-18-10-16-9-17-18/h1-4,9-10,12H,5-8H2. The number of halogens is 1. The van der Waals surface area contributed by atoms with Gasteiger partial charge in [-0.2, -0.15) is 5.10 Å². The maximum absolute atomic E-state index is 12.0. The molecule has 1 atom stereocenters. The third kappa shape index (κ3) is 2.67. The molecule has 2 aromatic rings. The number of alkyl halides is 1. The number of hydrogen-bond acceptors (Lipinski definition) is 3. The van der Waals surface area contributed by atoms with Crippen molar-refractivity contribution in [3.63, 3.8) is 0 Å². The lowest BCUT2D eigenvalue weighted by molar-refractivity contribution is -0.117. The summed E-state index contributed by atoms with van der Waals surface area (Å²) in [6, 6.07) is 7.96. The smallest absolute Gasteiger partial charge is 0.227 e. The Morgan fingerprint density at radius 2 is 2.30 bits per heavy atom. The second-order valence-electron chi connectivity index (χ2n) is 4.99. The van der Waals surface area contributed by atoms with Gasteiger partial charge in [-0.3, -0.25) is 4.79 Å². The number of anilines is 1. The van der Waals surface area contributed by atoms with Crippen LogP contribution in [0.2, 0.25) is 0 Å². The molecule has 0 spiro atoms. The Labute approximate surface area is 122 Å². The van der Waals surface area contributed by atoms with Crippen molar-refractivity contribution in [2.24, 2.45) is 5.92 Å². The molecular formula is C14H15ClN4O. The normalized spacial score (nSPS) is 18.8. The van der Waals surface area contributed by atoms with Crippen molar-refractivity contribution in [1.29, 1.82) is 0 Å². The second-order valence-corrected chi connectivity index (χ2v) is 5.30. The Balaban J connectivity index is 1.79. The van der Waals surface area contributed by atoms with E-state index in [1.54, 1.807) is 11.0 Å². The predicted molar refractivity (Wildman–Crippen MR) is 76.7 cm³/mol. The van der Waals surface area contributed by atoms with Crippen LogP contribution in [-0.2, 0) is 11.3 Å². The van der Waals surface area contributed by atoms with E-state index in [0.29, 0.717) is 25.4 Å². The second kappa shape index (κ2) is 5.63. The fourth-order valence-electron chi connectivity index (χ4n) is 2.46. The number of amides is 1. The topological polar surface area (TPSA) is 51.0 Å². The zero-order valence-electron chi connectivity index (χ0n) is 10.9. The zero-order chi connectivity index (χ0) is 13.9. The lowest BCUT2D eigenvalue weighted by Gasteiger charge is -2.17. The number of hydrogen-bond donors (Lipinski definition) is 0. The Morgan fingerprint density at radius 3 is 3.00 bits per heavy atom. The van der Waals surface area contributed by atoms with Gasteiger partial charge in [-0.25, -0.2) is 9.67 Å². The number of carbonyl (C=O) groups excluding carboxylic acids is 1. The highest BCUT2D eigenvalue weighted by atomic mass is 35.5. The summed E-state index contributed by atoms with van der Waals surface area (Å²) in [6.07, 6.45) is 3.73. The van der Waals surface area contributed by atoms with Gasteiger partial charge in [-0.1, -0.05) is 12.1 Å². The highest BCUT2D eigenvalue weighted by molar-refractivity contribution is 6.18. The quantitative estimate of drug-likeness (QED) is 0.808. The maximum atomic E-state index is 12.0. The van der Waals surface area contributed by atoms with Crippen molar-refractivity contribution < 1.29 is 4.79 Å². The molecule has 20 heavy (non-hydrogen) atoms. The van der Waals surface area contributed by atoms with Gasteiger partial charge in [0.25, 0.3) is 0 Å². The SMILES string of the molecule is O=C1CC(CCl)CN1c1cccc(Cn2cncn2)c1. The fourth-order valence-corrected chi connectivity index (χ4v) is 2.67. The average Bonchev–Trinajstić information content (AvgIpc) is 3.08. The third-order valence-electron chi connectivity index (χ3n) is 3.46. The van der Waals surface area contributed by atoms with Gasteiger partial charge in [0.2, 0.25) is 5.91 Å². The van der Waals surface area contributed by atoms with Crippen molar-refractivity contribution in [3.8, 4) is 0 Å². The molecule has 1 aliphatic heterocycles. The summed E-state index contributed by atoms with van der Waals surface area (Å²) < 4.78 is 1.76. The minimum absolute atomic E-state index is 0.147. The molecule has 2 heterocycles. The number of rotatable bonds is 4. The Morgan fingerprint density at radius 1 is 1.40 bits per heavy atom. The van der Waals surface area contributed by atoms with E-state index in [1.807, 2.05) is 29.2 Å². The first-order valence-electron chi connectivity index (χ1n) is 6.54. The fraction of sp³-hybridized carbons (Fsp3) is 0.357. The molecule has 1 aliphatic rings. The minimum atomic E-state index is 0.147. The summed E-state index contributed by atoms with van der Waals surface area (Å²) in [5.74, 6) is 0.928. The van der Waals surface area contributed by atoms with Crippen LogP contribution in [0.25, 0.3) is 0 Å². The van der Waals surface area contributed by atoms with Gasteiger partial charge in [0, 0.05) is 24.5 Å². The lowest BCUT2D eigenvalue weighted by atomic mass is 10.1. The van der Waals surface area contributed by atoms with Crippen LogP contribution >= 0.6 is 11.6 Å². The van der Waals surface area contributed by atoms with Crippen LogP contribution in [0.1, 0.15) is 12.0 Å². The summed E-state index contributed by atoms with van der Waals surface area (Å²) in [6.45, 7) is 1.35. The summed E-state index contributed by atoms with van der Waals surface area (Å²) in [5.41, 5.74) is 2.02. The van der Waals surface area contributed by atoms with E-state index in [2.05, 4.69) is 10.1 Å². The largest absolute Gasteiger partial charge is 0.312 e. The van der Waals surface area contributed by atoms with Gasteiger partial charge >= 0.3 is 0 Å². The molecule has 1 unspecified atom stereocenters. The van der Waals surface area contributed by atoms with Gasteiger partial charge in [-0.05, 0) is 23.6 Å². The Bertz CT molecular complexity index is 599. The molecule has 1 saturated heterocycles. The van der Waals surface area contributed by atoms with Crippen molar-refractivity contribution in [1.82, 2.24) is 14.8 Å². The van der Waals surface area contributed by atoms with Gasteiger partial charge in [0.15, 0.2) is 0 Å². The molecule has 1 fully saturated rings. The number of aromatic nitrogens is 3. The Kier molecular flexibility index (Phi) is 3.69. The van der Waals surface area contributed by atoms with Crippen LogP contribution in [0.3, 0.4) is 0 Å².